The molecule has 20 N–H and O–H groups in total. The number of hydrogen-bond donors (Lipinski definition) is 14. The summed E-state index contributed by atoms with van der Waals surface area (Å²) >= 11 is 1.34. The number of rotatable bonds is 16. The minimum absolute atomic E-state index is 0.0288. The zero-order valence-corrected chi connectivity index (χ0v) is 36.6. The summed E-state index contributed by atoms with van der Waals surface area (Å²) < 4.78 is 37.8. The second kappa shape index (κ2) is 21.7. The van der Waals surface area contributed by atoms with E-state index in [9.17, 15) is 40.2 Å². The summed E-state index contributed by atoms with van der Waals surface area (Å²) in [6.45, 7) is 0.860. The normalized spacial score (nSPS) is 38.3. The fraction of sp³-hybridized carbons (Fsp3) is 0.667. The van der Waals surface area contributed by atoms with Gasteiger partial charge in [0.1, 0.15) is 78.0 Å². The van der Waals surface area contributed by atoms with Crippen molar-refractivity contribution in [1.29, 1.82) is 0 Å². The summed E-state index contributed by atoms with van der Waals surface area (Å²) in [6.07, 6.45) is -18.8. The second-order valence-electron chi connectivity index (χ2n) is 16.8. The Labute approximate surface area is 381 Å². The molecule has 3 saturated heterocycles. The number of anilines is 2. The first-order valence-electron chi connectivity index (χ1n) is 21.4. The molecule has 26 nitrogen and oxygen atoms in total. The van der Waals surface area contributed by atoms with Gasteiger partial charge >= 0.3 is 0 Å². The lowest BCUT2D eigenvalue weighted by Gasteiger charge is -2.47. The van der Waals surface area contributed by atoms with Gasteiger partial charge in [0, 0.05) is 67.8 Å². The number of aryl methyl sites for hydroxylation is 1. The zero-order valence-electron chi connectivity index (χ0n) is 35.8. The Kier molecular flexibility index (Phi) is 16.4. The van der Waals surface area contributed by atoms with Crippen molar-refractivity contribution in [3.05, 3.63) is 41.5 Å². The van der Waals surface area contributed by atoms with Gasteiger partial charge in [-0.1, -0.05) is 17.3 Å². The number of thiazole rings is 1. The third kappa shape index (κ3) is 11.2. The van der Waals surface area contributed by atoms with E-state index < -0.39 is 116 Å². The van der Waals surface area contributed by atoms with Crippen molar-refractivity contribution in [2.24, 2.45) is 34.4 Å². The highest BCUT2D eigenvalue weighted by atomic mass is 32.1. The summed E-state index contributed by atoms with van der Waals surface area (Å²) in [5.74, 6) is -0.118. The average molecular weight is 953 g/mol. The monoisotopic (exact) mass is 952 g/mol. The van der Waals surface area contributed by atoms with Crippen molar-refractivity contribution in [2.75, 3.05) is 23.7 Å². The summed E-state index contributed by atoms with van der Waals surface area (Å²) in [7, 11) is 0. The van der Waals surface area contributed by atoms with E-state index in [2.05, 4.69) is 25.9 Å². The van der Waals surface area contributed by atoms with E-state index in [1.54, 1.807) is 29.8 Å². The maximum Gasteiger partial charge on any atom is 0.224 e. The zero-order chi connectivity index (χ0) is 47.6. The average Bonchev–Trinajstić information content (AvgIpc) is 4.02. The van der Waals surface area contributed by atoms with Gasteiger partial charge in [-0.3, -0.25) is 9.59 Å². The van der Waals surface area contributed by atoms with E-state index in [0.717, 1.165) is 5.56 Å². The van der Waals surface area contributed by atoms with Crippen molar-refractivity contribution in [1.82, 2.24) is 20.0 Å². The van der Waals surface area contributed by atoms with E-state index in [0.29, 0.717) is 22.2 Å². The molecular weight excluding hydrogens is 893 g/mol. The number of aromatic nitrogens is 4. The van der Waals surface area contributed by atoms with Crippen LogP contribution in [-0.2, 0) is 51.0 Å². The minimum Gasteiger partial charge on any atom is -0.389 e. The van der Waals surface area contributed by atoms with Crippen LogP contribution in [0.15, 0.2) is 35.8 Å². The van der Waals surface area contributed by atoms with Crippen LogP contribution in [0.5, 0.6) is 0 Å². The highest BCUT2D eigenvalue weighted by Crippen LogP contribution is 2.35. The molecule has 3 aliphatic heterocycles. The maximum absolute atomic E-state index is 13.0. The van der Waals surface area contributed by atoms with E-state index >= 15 is 0 Å². The first-order valence-corrected chi connectivity index (χ1v) is 22.3. The lowest BCUT2D eigenvalue weighted by Crippen LogP contribution is -2.68. The Morgan fingerprint density at radius 1 is 0.788 bits per heavy atom. The number of aliphatic hydroxyl groups excluding tert-OH is 6. The topological polar surface area (TPSA) is 435 Å². The molecule has 1 aromatic carbocycles. The summed E-state index contributed by atoms with van der Waals surface area (Å²) in [4.78, 5) is 28.9. The predicted molar refractivity (Wildman–Crippen MR) is 230 cm³/mol. The second-order valence-corrected chi connectivity index (χ2v) is 17.7. The highest BCUT2D eigenvalue weighted by molar-refractivity contribution is 7.13. The molecule has 366 valence electrons. The molecule has 66 heavy (non-hydrogen) atoms. The van der Waals surface area contributed by atoms with Crippen LogP contribution in [0.4, 0.5) is 11.5 Å². The van der Waals surface area contributed by atoms with Crippen molar-refractivity contribution in [3.8, 4) is 10.6 Å². The van der Waals surface area contributed by atoms with Crippen LogP contribution in [0.1, 0.15) is 25.5 Å². The molecule has 0 bridgehead atoms. The number of aliphatic hydroxyl groups is 6. The van der Waals surface area contributed by atoms with Crippen molar-refractivity contribution >= 4 is 34.7 Å². The molecule has 4 aliphatic rings. The lowest BCUT2D eigenvalue weighted by atomic mass is 9.84. The van der Waals surface area contributed by atoms with Crippen LogP contribution < -0.4 is 45.0 Å². The van der Waals surface area contributed by atoms with E-state index in [-0.39, 0.29) is 50.7 Å². The van der Waals surface area contributed by atoms with Gasteiger partial charge in [-0.25, -0.2) is 9.67 Å². The quantitative estimate of drug-likeness (QED) is 0.0636. The van der Waals surface area contributed by atoms with Gasteiger partial charge in [-0.05, 0) is 18.6 Å². The molecule has 2 amide bonds. The highest BCUT2D eigenvalue weighted by Gasteiger charge is 2.54. The molecule has 2 aromatic heterocycles. The third-order valence-electron chi connectivity index (χ3n) is 12.0. The molecule has 7 rings (SSSR count). The van der Waals surface area contributed by atoms with Gasteiger partial charge in [0.2, 0.25) is 11.8 Å². The van der Waals surface area contributed by atoms with E-state index in [4.69, 9.17) is 62.8 Å². The number of amides is 2. The van der Waals surface area contributed by atoms with Gasteiger partial charge in [-0.2, -0.15) is 0 Å². The Balaban J connectivity index is 1.04. The van der Waals surface area contributed by atoms with Crippen LogP contribution in [0, 0.1) is 0 Å². The standard InChI is InChI=1S/C39H60N12O14S/c1-14(52)46-23-13-66-36(48-23)15-3-2-4-16(7-15)47-24(53)6-5-17-11-51(50-49-17)12-22-34(64-38-26(45)31(58)29(56)21(10-41)61-38)32(59)39(62-22)65-35-27(54)18(42)8-19(43)33(35)63-37-25(44)30(57)28(55)20(9-40)60-37/h2-4,7,11,13,18-22,25-35,37-39,54-59H,5-6,8-10,12,40-45H2,1H3,(H,46,52)(H,47,53)/t18-,19+,20-,21+,22-,25-,26-,27+,28-,29-,30-,31-,32-,33-,34-,35-,37-,38-,39+/m1/s1. The maximum atomic E-state index is 13.0. The summed E-state index contributed by atoms with van der Waals surface area (Å²) in [6, 6.07) is 2.68. The predicted octanol–water partition coefficient (Wildman–Crippen LogP) is -5.94. The molecular formula is C39H60N12O14S. The fourth-order valence-corrected chi connectivity index (χ4v) is 9.06. The Morgan fingerprint density at radius 3 is 2.05 bits per heavy atom. The first-order chi connectivity index (χ1) is 31.5. The number of benzene rings is 1. The van der Waals surface area contributed by atoms with Crippen molar-refractivity contribution < 1.29 is 68.6 Å². The van der Waals surface area contributed by atoms with Gasteiger partial charge in [0.05, 0.1) is 30.4 Å². The molecule has 1 aliphatic carbocycles. The molecule has 3 aromatic rings. The Bertz CT molecular complexity index is 2090. The lowest BCUT2D eigenvalue weighted by molar-refractivity contribution is -0.306. The van der Waals surface area contributed by atoms with Gasteiger partial charge in [0.15, 0.2) is 18.9 Å². The third-order valence-corrected chi connectivity index (χ3v) is 12.8. The fourth-order valence-electron chi connectivity index (χ4n) is 8.31. The molecule has 19 atom stereocenters. The molecule has 0 spiro atoms. The number of carbonyl (C=O) groups excluding carboxylic acids is 2. The summed E-state index contributed by atoms with van der Waals surface area (Å²) in [5.41, 5.74) is 38.4. The number of nitrogens with two attached hydrogens (primary N) is 6. The van der Waals surface area contributed by atoms with Crippen molar-refractivity contribution in [3.63, 3.8) is 0 Å². The number of nitrogens with one attached hydrogen (secondary N) is 2. The van der Waals surface area contributed by atoms with Gasteiger partial charge in [-0.15, -0.1) is 16.4 Å². The van der Waals surface area contributed by atoms with Crippen LogP contribution in [0.3, 0.4) is 0 Å². The number of hydrogen-bond acceptors (Lipinski definition) is 24. The van der Waals surface area contributed by atoms with Gasteiger partial charge < -0.3 is 104 Å². The number of carbonyl (C=O) groups is 2. The summed E-state index contributed by atoms with van der Waals surface area (Å²) in [5, 5.41) is 81.7. The van der Waals surface area contributed by atoms with Crippen LogP contribution in [-0.4, -0.2) is 192 Å². The van der Waals surface area contributed by atoms with Crippen LogP contribution in [0.2, 0.25) is 0 Å². The van der Waals surface area contributed by atoms with E-state index in [1.807, 2.05) is 6.07 Å². The number of ether oxygens (including phenoxy) is 6. The molecule has 5 heterocycles. The number of nitrogens with zero attached hydrogens (tertiary/aromatic N) is 4. The SMILES string of the molecule is CC(=O)Nc1csc(-c2cccc(NC(=O)CCc3cn(C[C@H]4O[C@@H](O[C@@H]5[C@@H](O)[C@H](N)C[C@H](N)[C@H]5O[C@H]5O[C@H](CN)[C@@H](O)[C@H](O)[C@H]5N)[C@H](O)[C@@H]4O[C@H]4O[C@@H](CN)[C@@H](O)[C@H](O)[C@H]4N)nn3)c2)n1. The largest absolute Gasteiger partial charge is 0.389 e. The molecule has 1 saturated carbocycles. The van der Waals surface area contributed by atoms with Gasteiger partial charge in [0.25, 0.3) is 0 Å². The van der Waals surface area contributed by atoms with Crippen LogP contribution in [0.25, 0.3) is 10.6 Å². The van der Waals surface area contributed by atoms with Crippen LogP contribution >= 0.6 is 11.3 Å². The van der Waals surface area contributed by atoms with Crippen molar-refractivity contribution in [2.45, 2.75) is 149 Å². The molecule has 27 heteroatoms. The first kappa shape index (κ1) is 50.1. The van der Waals surface area contributed by atoms with E-state index in [1.165, 1.54) is 22.9 Å². The molecule has 0 radical (unpaired) electrons. The molecule has 0 unspecified atom stereocenters. The minimum atomic E-state index is -1.67. The Morgan fingerprint density at radius 2 is 1.41 bits per heavy atom. The smallest absolute Gasteiger partial charge is 0.224 e. The molecule has 4 fully saturated rings. The Hall–Kier alpha value is -3.79.